The third kappa shape index (κ3) is 4.62. The molecule has 2 rings (SSSR count). The molecule has 0 saturated heterocycles. The maximum atomic E-state index is 12.2. The Labute approximate surface area is 134 Å². The van der Waals surface area contributed by atoms with E-state index in [2.05, 4.69) is 0 Å². The fourth-order valence-electron chi connectivity index (χ4n) is 2.01. The summed E-state index contributed by atoms with van der Waals surface area (Å²) in [5.41, 5.74) is 5.93. The number of esters is 1. The van der Waals surface area contributed by atoms with Gasteiger partial charge in [0.2, 0.25) is 0 Å². The average Bonchev–Trinajstić information content (AvgIpc) is 2.54. The Morgan fingerprint density at radius 3 is 2.35 bits per heavy atom. The monoisotopic (exact) mass is 314 g/mol. The minimum atomic E-state index is -1.14. The van der Waals surface area contributed by atoms with Gasteiger partial charge in [-0.25, -0.2) is 4.79 Å². The maximum absolute atomic E-state index is 12.2. The average molecular weight is 314 g/mol. The highest BCUT2D eigenvalue weighted by atomic mass is 16.6. The van der Waals surface area contributed by atoms with Crippen LogP contribution in [0.5, 0.6) is 5.75 Å². The second-order valence-corrected chi connectivity index (χ2v) is 5.54. The largest absolute Gasteiger partial charge is 0.425 e. The van der Waals surface area contributed by atoms with Gasteiger partial charge in [0.15, 0.2) is 0 Å². The molecule has 1 unspecified atom stereocenters. The van der Waals surface area contributed by atoms with E-state index in [1.54, 1.807) is 6.92 Å². The highest BCUT2D eigenvalue weighted by Gasteiger charge is 2.30. The standard InChI is InChI=1S/C17H18N2O4/c1-17(18,12-11-13-5-3-2-4-6-13)16(20)23-15-9-7-14(8-10-15)19(21)22/h2-10H,11-12,18H2,1H3. The Morgan fingerprint density at radius 2 is 1.78 bits per heavy atom. The summed E-state index contributed by atoms with van der Waals surface area (Å²) in [4.78, 5) is 22.3. The van der Waals surface area contributed by atoms with Gasteiger partial charge in [0.05, 0.1) is 4.92 Å². The lowest BCUT2D eigenvalue weighted by atomic mass is 9.94. The molecule has 2 aromatic carbocycles. The van der Waals surface area contributed by atoms with Crippen LogP contribution in [0.15, 0.2) is 54.6 Å². The summed E-state index contributed by atoms with van der Waals surface area (Å²) in [7, 11) is 0. The molecule has 0 aliphatic carbocycles. The van der Waals surface area contributed by atoms with Crippen molar-refractivity contribution >= 4 is 11.7 Å². The molecule has 0 saturated carbocycles. The van der Waals surface area contributed by atoms with E-state index in [4.69, 9.17) is 10.5 Å². The smallest absolute Gasteiger partial charge is 0.331 e. The van der Waals surface area contributed by atoms with Crippen LogP contribution < -0.4 is 10.5 Å². The molecule has 2 N–H and O–H groups in total. The van der Waals surface area contributed by atoms with Gasteiger partial charge in [0.25, 0.3) is 5.69 Å². The lowest BCUT2D eigenvalue weighted by Gasteiger charge is -2.22. The van der Waals surface area contributed by atoms with Crippen LogP contribution in [0.2, 0.25) is 0 Å². The van der Waals surface area contributed by atoms with Crippen LogP contribution >= 0.6 is 0 Å². The number of carbonyl (C=O) groups excluding carboxylic acids is 1. The lowest BCUT2D eigenvalue weighted by molar-refractivity contribution is -0.384. The molecule has 0 amide bonds. The van der Waals surface area contributed by atoms with Crippen molar-refractivity contribution in [2.45, 2.75) is 25.3 Å². The number of benzene rings is 2. The number of nitro groups is 1. The summed E-state index contributed by atoms with van der Waals surface area (Å²) >= 11 is 0. The number of hydrogen-bond donors (Lipinski definition) is 1. The van der Waals surface area contributed by atoms with Crippen molar-refractivity contribution < 1.29 is 14.5 Å². The normalized spacial score (nSPS) is 13.1. The molecule has 120 valence electrons. The first-order valence-corrected chi connectivity index (χ1v) is 7.18. The SMILES string of the molecule is CC(N)(CCc1ccccc1)C(=O)Oc1ccc([N+](=O)[O-])cc1. The van der Waals surface area contributed by atoms with Crippen LogP contribution in [-0.2, 0) is 11.2 Å². The van der Waals surface area contributed by atoms with Gasteiger partial charge in [-0.2, -0.15) is 0 Å². The second-order valence-electron chi connectivity index (χ2n) is 5.54. The van der Waals surface area contributed by atoms with Crippen molar-refractivity contribution in [1.82, 2.24) is 0 Å². The molecule has 6 nitrogen and oxygen atoms in total. The van der Waals surface area contributed by atoms with Crippen LogP contribution in [0.3, 0.4) is 0 Å². The first-order chi connectivity index (χ1) is 10.9. The zero-order valence-electron chi connectivity index (χ0n) is 12.8. The molecule has 0 radical (unpaired) electrons. The van der Waals surface area contributed by atoms with Gasteiger partial charge in [-0.3, -0.25) is 10.1 Å². The van der Waals surface area contributed by atoms with Gasteiger partial charge < -0.3 is 10.5 Å². The summed E-state index contributed by atoms with van der Waals surface area (Å²) < 4.78 is 5.22. The molecule has 0 heterocycles. The van der Waals surface area contributed by atoms with Gasteiger partial charge in [-0.05, 0) is 37.5 Å². The Bertz CT molecular complexity index is 681. The summed E-state index contributed by atoms with van der Waals surface area (Å²) in [5.74, 6) is -0.334. The van der Waals surface area contributed by atoms with E-state index in [9.17, 15) is 14.9 Å². The summed E-state index contributed by atoms with van der Waals surface area (Å²) in [5, 5.41) is 10.6. The summed E-state index contributed by atoms with van der Waals surface area (Å²) in [6.07, 6.45) is 1.09. The molecule has 0 spiro atoms. The van der Waals surface area contributed by atoms with E-state index in [1.807, 2.05) is 30.3 Å². The first-order valence-electron chi connectivity index (χ1n) is 7.18. The van der Waals surface area contributed by atoms with Gasteiger partial charge >= 0.3 is 5.97 Å². The number of ether oxygens (including phenoxy) is 1. The molecule has 2 aromatic rings. The number of non-ortho nitro benzene ring substituents is 1. The van der Waals surface area contributed by atoms with E-state index in [0.717, 1.165) is 5.56 Å². The van der Waals surface area contributed by atoms with Crippen molar-refractivity contribution in [3.05, 3.63) is 70.3 Å². The molecule has 0 bridgehead atoms. The van der Waals surface area contributed by atoms with Crippen LogP contribution in [-0.4, -0.2) is 16.4 Å². The summed E-state index contributed by atoms with van der Waals surface area (Å²) in [6, 6.07) is 15.0. The van der Waals surface area contributed by atoms with Gasteiger partial charge in [-0.1, -0.05) is 30.3 Å². The fourth-order valence-corrected chi connectivity index (χ4v) is 2.01. The van der Waals surface area contributed by atoms with Crippen molar-refractivity contribution in [3.63, 3.8) is 0 Å². The molecule has 0 aromatic heterocycles. The Kier molecular flexibility index (Phi) is 5.08. The Balaban J connectivity index is 1.96. The lowest BCUT2D eigenvalue weighted by Crippen LogP contribution is -2.47. The van der Waals surface area contributed by atoms with E-state index < -0.39 is 16.4 Å². The molecule has 0 aliphatic heterocycles. The molecule has 1 atom stereocenters. The van der Waals surface area contributed by atoms with Gasteiger partial charge in [0, 0.05) is 12.1 Å². The molecule has 6 heteroatoms. The third-order valence-electron chi connectivity index (χ3n) is 3.50. The summed E-state index contributed by atoms with van der Waals surface area (Å²) in [6.45, 7) is 1.61. The zero-order valence-corrected chi connectivity index (χ0v) is 12.8. The highest BCUT2D eigenvalue weighted by molar-refractivity contribution is 5.82. The minimum Gasteiger partial charge on any atom is -0.425 e. The number of carbonyl (C=O) groups is 1. The Morgan fingerprint density at radius 1 is 1.17 bits per heavy atom. The molecule has 0 fully saturated rings. The van der Waals surface area contributed by atoms with Crippen molar-refractivity contribution in [1.29, 1.82) is 0 Å². The van der Waals surface area contributed by atoms with E-state index in [1.165, 1.54) is 24.3 Å². The highest BCUT2D eigenvalue weighted by Crippen LogP contribution is 2.20. The van der Waals surface area contributed by atoms with Crippen molar-refractivity contribution in [3.8, 4) is 5.75 Å². The van der Waals surface area contributed by atoms with Crippen LogP contribution in [0, 0.1) is 10.1 Å². The predicted molar refractivity (Wildman–Crippen MR) is 86.1 cm³/mol. The third-order valence-corrected chi connectivity index (χ3v) is 3.50. The number of aryl methyl sites for hydroxylation is 1. The van der Waals surface area contributed by atoms with Crippen molar-refractivity contribution in [2.24, 2.45) is 5.73 Å². The number of nitrogens with zero attached hydrogens (tertiary/aromatic N) is 1. The molecular formula is C17H18N2O4. The van der Waals surface area contributed by atoms with Crippen LogP contribution in [0.1, 0.15) is 18.9 Å². The first kappa shape index (κ1) is 16.6. The van der Waals surface area contributed by atoms with Gasteiger partial charge in [-0.15, -0.1) is 0 Å². The predicted octanol–water partition coefficient (Wildman–Crippen LogP) is 2.85. The minimum absolute atomic E-state index is 0.0654. The fraction of sp³-hybridized carbons (Fsp3) is 0.235. The van der Waals surface area contributed by atoms with Crippen LogP contribution in [0.4, 0.5) is 5.69 Å². The maximum Gasteiger partial charge on any atom is 0.331 e. The van der Waals surface area contributed by atoms with E-state index in [0.29, 0.717) is 12.8 Å². The second kappa shape index (κ2) is 7.02. The number of hydrogen-bond acceptors (Lipinski definition) is 5. The van der Waals surface area contributed by atoms with Gasteiger partial charge in [0.1, 0.15) is 11.3 Å². The molecular weight excluding hydrogens is 296 g/mol. The van der Waals surface area contributed by atoms with E-state index in [-0.39, 0.29) is 11.4 Å². The number of rotatable bonds is 6. The Hall–Kier alpha value is -2.73. The van der Waals surface area contributed by atoms with Crippen LogP contribution in [0.25, 0.3) is 0 Å². The quantitative estimate of drug-likeness (QED) is 0.383. The number of nitrogens with two attached hydrogens (primary N) is 1. The molecule has 23 heavy (non-hydrogen) atoms. The molecule has 0 aliphatic rings. The van der Waals surface area contributed by atoms with E-state index >= 15 is 0 Å². The van der Waals surface area contributed by atoms with Crippen molar-refractivity contribution in [2.75, 3.05) is 0 Å². The number of nitro benzene ring substituents is 1. The topological polar surface area (TPSA) is 95.5 Å². The zero-order chi connectivity index (χ0) is 16.9.